The highest BCUT2D eigenvalue weighted by Gasteiger charge is 2.44. The largest absolute Gasteiger partial charge is 0.449 e. The Balaban J connectivity index is 2.10. The third-order valence-electron chi connectivity index (χ3n) is 4.06. The number of carbonyl (C=O) groups excluding carboxylic acids is 1. The summed E-state index contributed by atoms with van der Waals surface area (Å²) in [4.78, 5) is 12.4. The molecule has 10 heteroatoms. The van der Waals surface area contributed by atoms with Gasteiger partial charge in [-0.25, -0.2) is 13.2 Å². The molecule has 5 nitrogen and oxygen atoms in total. The van der Waals surface area contributed by atoms with Crippen LogP contribution >= 0.6 is 11.3 Å². The second-order valence-electron chi connectivity index (χ2n) is 6.62. The monoisotopic (exact) mass is 432 g/mol. The lowest BCUT2D eigenvalue weighted by Gasteiger charge is -2.21. The maximum Gasteiger partial charge on any atom is 0.420 e. The average molecular weight is 432 g/mol. The zero-order chi connectivity index (χ0) is 20.9. The van der Waals surface area contributed by atoms with Crippen LogP contribution < -0.4 is 4.74 Å². The molecule has 150 valence electrons. The van der Waals surface area contributed by atoms with Crippen molar-refractivity contribution < 1.29 is 35.9 Å². The number of hydrogen-bond donors (Lipinski definition) is 0. The molecule has 0 fully saturated rings. The number of esters is 1. The summed E-state index contributed by atoms with van der Waals surface area (Å²) in [5.41, 5.74) is -1.52. The van der Waals surface area contributed by atoms with E-state index in [1.54, 1.807) is 13.8 Å². The quantitative estimate of drug-likeness (QED) is 0.674. The lowest BCUT2D eigenvalue weighted by Crippen LogP contribution is -2.22. The molecule has 2 heterocycles. The standard InChI is InChI=1S/C18H15F3O5S2/c1-17(2)13(10-4-6-11(7-5-10)28(3,23)24)14(15(22)26-17)25-16-12(8-9-27-16)18(19,20)21/h4-9H,1-3H3. The predicted octanol–water partition coefficient (Wildman–Crippen LogP) is 4.30. The molecule has 0 saturated carbocycles. The molecule has 1 aliphatic rings. The van der Waals surface area contributed by atoms with Crippen molar-refractivity contribution in [2.45, 2.75) is 30.5 Å². The first-order valence-electron chi connectivity index (χ1n) is 7.92. The van der Waals surface area contributed by atoms with Gasteiger partial charge in [-0.15, -0.1) is 11.3 Å². The van der Waals surface area contributed by atoms with Crippen molar-refractivity contribution in [2.75, 3.05) is 6.26 Å². The summed E-state index contributed by atoms with van der Waals surface area (Å²) >= 11 is 0.705. The number of alkyl halides is 3. The van der Waals surface area contributed by atoms with E-state index >= 15 is 0 Å². The molecule has 28 heavy (non-hydrogen) atoms. The minimum atomic E-state index is -4.63. The highest BCUT2D eigenvalue weighted by atomic mass is 32.2. The summed E-state index contributed by atoms with van der Waals surface area (Å²) in [6, 6.07) is 6.48. The number of carbonyl (C=O) groups is 1. The lowest BCUT2D eigenvalue weighted by atomic mass is 9.92. The fourth-order valence-corrected chi connectivity index (χ4v) is 4.22. The van der Waals surface area contributed by atoms with Crippen LogP contribution in [0.1, 0.15) is 25.0 Å². The van der Waals surface area contributed by atoms with Crippen molar-refractivity contribution in [3.63, 3.8) is 0 Å². The molecule has 0 saturated heterocycles. The predicted molar refractivity (Wildman–Crippen MR) is 96.6 cm³/mol. The van der Waals surface area contributed by atoms with Gasteiger partial charge in [0.25, 0.3) is 0 Å². The Morgan fingerprint density at radius 2 is 1.71 bits per heavy atom. The van der Waals surface area contributed by atoms with Crippen LogP contribution in [0.3, 0.4) is 0 Å². The highest BCUT2D eigenvalue weighted by Crippen LogP contribution is 2.45. The van der Waals surface area contributed by atoms with E-state index in [1.165, 1.54) is 29.6 Å². The highest BCUT2D eigenvalue weighted by molar-refractivity contribution is 7.90. The van der Waals surface area contributed by atoms with Crippen LogP contribution in [0, 0.1) is 0 Å². The molecule has 3 rings (SSSR count). The zero-order valence-corrected chi connectivity index (χ0v) is 16.6. The molecule has 1 aromatic heterocycles. The molecule has 1 aromatic carbocycles. The number of ether oxygens (including phenoxy) is 2. The molecule has 0 amide bonds. The first-order valence-corrected chi connectivity index (χ1v) is 10.7. The number of hydrogen-bond acceptors (Lipinski definition) is 6. The summed E-state index contributed by atoms with van der Waals surface area (Å²) in [6.07, 6.45) is -3.58. The van der Waals surface area contributed by atoms with E-state index in [9.17, 15) is 26.4 Å². The SMILES string of the molecule is CC1(C)OC(=O)C(Oc2sccc2C(F)(F)F)=C1c1ccc(S(C)(=O)=O)cc1. The Morgan fingerprint density at radius 1 is 1.11 bits per heavy atom. The molecule has 2 aromatic rings. The van der Waals surface area contributed by atoms with E-state index in [1.807, 2.05) is 0 Å². The minimum Gasteiger partial charge on any atom is -0.449 e. The van der Waals surface area contributed by atoms with Crippen LogP contribution in [0.25, 0.3) is 5.57 Å². The molecular weight excluding hydrogens is 417 g/mol. The molecule has 0 radical (unpaired) electrons. The molecule has 0 atom stereocenters. The van der Waals surface area contributed by atoms with Gasteiger partial charge < -0.3 is 9.47 Å². The molecule has 0 bridgehead atoms. The van der Waals surface area contributed by atoms with Crippen LogP contribution in [0.4, 0.5) is 13.2 Å². The van der Waals surface area contributed by atoms with Crippen molar-refractivity contribution in [2.24, 2.45) is 0 Å². The van der Waals surface area contributed by atoms with Crippen LogP contribution in [-0.4, -0.2) is 26.2 Å². The van der Waals surface area contributed by atoms with Gasteiger partial charge in [-0.05, 0) is 43.0 Å². The fourth-order valence-electron chi connectivity index (χ4n) is 2.82. The van der Waals surface area contributed by atoms with E-state index in [0.29, 0.717) is 16.9 Å². The number of rotatable bonds is 4. The van der Waals surface area contributed by atoms with Crippen molar-refractivity contribution in [1.29, 1.82) is 0 Å². The summed E-state index contributed by atoms with van der Waals surface area (Å²) in [5.74, 6) is -1.25. The number of halogens is 3. The summed E-state index contributed by atoms with van der Waals surface area (Å²) < 4.78 is 73.3. The first kappa shape index (κ1) is 20.4. The van der Waals surface area contributed by atoms with Crippen molar-refractivity contribution in [1.82, 2.24) is 0 Å². The van der Waals surface area contributed by atoms with E-state index < -0.39 is 38.2 Å². The number of sulfone groups is 1. The first-order chi connectivity index (χ1) is 12.8. The normalized spacial score (nSPS) is 17.0. The molecule has 0 unspecified atom stereocenters. The second kappa shape index (κ2) is 6.63. The Morgan fingerprint density at radius 3 is 2.25 bits per heavy atom. The van der Waals surface area contributed by atoms with Crippen molar-refractivity contribution >= 4 is 32.7 Å². The number of cyclic esters (lactones) is 1. The topological polar surface area (TPSA) is 69.7 Å². The number of benzene rings is 1. The molecule has 0 spiro atoms. The molecular formula is C18H15F3O5S2. The second-order valence-corrected chi connectivity index (χ2v) is 9.52. The van der Waals surface area contributed by atoms with Gasteiger partial charge in [0.2, 0.25) is 5.76 Å². The molecule has 0 aliphatic carbocycles. The van der Waals surface area contributed by atoms with Crippen molar-refractivity contribution in [3.05, 3.63) is 52.6 Å². The third kappa shape index (κ3) is 3.79. The van der Waals surface area contributed by atoms with Gasteiger partial charge in [0.05, 0.1) is 10.5 Å². The van der Waals surface area contributed by atoms with Crippen LogP contribution in [0.2, 0.25) is 0 Å². The van der Waals surface area contributed by atoms with Crippen LogP contribution in [0.15, 0.2) is 46.4 Å². The maximum atomic E-state index is 13.1. The summed E-state index contributed by atoms with van der Waals surface area (Å²) in [5, 5.41) is 0.743. The fraction of sp³-hybridized carbons (Fsp3) is 0.278. The Hall–Kier alpha value is -2.33. The Kier molecular flexibility index (Phi) is 4.83. The van der Waals surface area contributed by atoms with Gasteiger partial charge >= 0.3 is 12.1 Å². The zero-order valence-electron chi connectivity index (χ0n) is 15.0. The average Bonchev–Trinajstić information content (AvgIpc) is 3.09. The van der Waals surface area contributed by atoms with E-state index in [2.05, 4.69) is 0 Å². The van der Waals surface area contributed by atoms with Gasteiger partial charge in [-0.1, -0.05) is 12.1 Å². The minimum absolute atomic E-state index is 0.0694. The van der Waals surface area contributed by atoms with Gasteiger partial charge in [-0.3, -0.25) is 0 Å². The van der Waals surface area contributed by atoms with Gasteiger partial charge in [-0.2, -0.15) is 13.2 Å². The maximum absolute atomic E-state index is 13.1. The summed E-state index contributed by atoms with van der Waals surface area (Å²) in [6.45, 7) is 3.14. The van der Waals surface area contributed by atoms with Gasteiger partial charge in [0.1, 0.15) is 11.2 Å². The summed E-state index contributed by atoms with van der Waals surface area (Å²) in [7, 11) is -3.43. The van der Waals surface area contributed by atoms with E-state index in [0.717, 1.165) is 12.3 Å². The Bertz CT molecular complexity index is 1060. The number of thiophene rings is 1. The smallest absolute Gasteiger partial charge is 0.420 e. The van der Waals surface area contributed by atoms with Gasteiger partial charge in [0, 0.05) is 6.26 Å². The van der Waals surface area contributed by atoms with Crippen LogP contribution in [-0.2, 0) is 25.5 Å². The molecule has 0 N–H and O–H groups in total. The van der Waals surface area contributed by atoms with Gasteiger partial charge in [0.15, 0.2) is 14.9 Å². The lowest BCUT2D eigenvalue weighted by molar-refractivity contribution is -0.146. The van der Waals surface area contributed by atoms with E-state index in [4.69, 9.17) is 9.47 Å². The Labute approximate surface area is 163 Å². The van der Waals surface area contributed by atoms with Crippen molar-refractivity contribution in [3.8, 4) is 5.06 Å². The molecule has 1 aliphatic heterocycles. The third-order valence-corrected chi connectivity index (χ3v) is 5.98. The van der Waals surface area contributed by atoms with Crippen LogP contribution in [0.5, 0.6) is 5.06 Å². The van der Waals surface area contributed by atoms with E-state index in [-0.39, 0.29) is 16.2 Å².